The first-order chi connectivity index (χ1) is 12.5. The standard InChI is InChI=1S/C19H23N3O4/c1-3-26-19(25)21-10-8-20(9-11-21)18(24)13-22-12-16(14(2)23)15-6-4-5-7-17(15)22/h4-7,12H,3,8-11,13H2,1-2H3. The minimum absolute atomic E-state index is 0.0181. The molecule has 0 atom stereocenters. The van der Waals surface area contributed by atoms with Crippen LogP contribution in [0.5, 0.6) is 0 Å². The van der Waals surface area contributed by atoms with Crippen LogP contribution < -0.4 is 0 Å². The molecule has 1 saturated heterocycles. The van der Waals surface area contributed by atoms with Crippen LogP contribution in [0.3, 0.4) is 0 Å². The third-order valence-corrected chi connectivity index (χ3v) is 4.63. The molecule has 3 rings (SSSR count). The van der Waals surface area contributed by atoms with Crippen molar-refractivity contribution >= 4 is 28.7 Å². The molecule has 1 aromatic heterocycles. The minimum Gasteiger partial charge on any atom is -0.450 e. The lowest BCUT2D eigenvalue weighted by Gasteiger charge is -2.34. The van der Waals surface area contributed by atoms with Gasteiger partial charge in [0.2, 0.25) is 5.91 Å². The molecule has 0 spiro atoms. The molecule has 0 unspecified atom stereocenters. The summed E-state index contributed by atoms with van der Waals surface area (Å²) in [5.74, 6) is -0.0418. The molecule has 0 aliphatic carbocycles. The summed E-state index contributed by atoms with van der Waals surface area (Å²) in [6.07, 6.45) is 1.42. The Labute approximate surface area is 152 Å². The quantitative estimate of drug-likeness (QED) is 0.786. The molecule has 0 bridgehead atoms. The number of nitrogens with zero attached hydrogens (tertiary/aromatic N) is 3. The highest BCUT2D eigenvalue weighted by Crippen LogP contribution is 2.22. The molecule has 2 amide bonds. The summed E-state index contributed by atoms with van der Waals surface area (Å²) in [7, 11) is 0. The number of carbonyl (C=O) groups excluding carboxylic acids is 3. The first-order valence-corrected chi connectivity index (χ1v) is 8.79. The van der Waals surface area contributed by atoms with E-state index in [4.69, 9.17) is 4.74 Å². The van der Waals surface area contributed by atoms with Gasteiger partial charge in [0.25, 0.3) is 0 Å². The summed E-state index contributed by atoms with van der Waals surface area (Å²) < 4.78 is 6.82. The number of ketones is 1. The van der Waals surface area contributed by atoms with Crippen molar-refractivity contribution in [2.75, 3.05) is 32.8 Å². The van der Waals surface area contributed by atoms with Crippen LogP contribution in [0.25, 0.3) is 10.9 Å². The van der Waals surface area contributed by atoms with Crippen molar-refractivity contribution in [2.45, 2.75) is 20.4 Å². The van der Waals surface area contributed by atoms with E-state index in [0.717, 1.165) is 10.9 Å². The fourth-order valence-corrected chi connectivity index (χ4v) is 3.26. The van der Waals surface area contributed by atoms with Crippen LogP contribution in [0.15, 0.2) is 30.5 Å². The second-order valence-electron chi connectivity index (χ2n) is 6.31. The van der Waals surface area contributed by atoms with E-state index in [2.05, 4.69) is 0 Å². The lowest BCUT2D eigenvalue weighted by molar-refractivity contribution is -0.133. The largest absolute Gasteiger partial charge is 0.450 e. The van der Waals surface area contributed by atoms with E-state index in [1.165, 1.54) is 6.92 Å². The molecule has 1 aromatic carbocycles. The van der Waals surface area contributed by atoms with Crippen LogP contribution in [-0.2, 0) is 16.1 Å². The van der Waals surface area contributed by atoms with E-state index in [1.54, 1.807) is 22.9 Å². The van der Waals surface area contributed by atoms with Gasteiger partial charge in [-0.15, -0.1) is 0 Å². The van der Waals surface area contributed by atoms with Crippen LogP contribution in [0.1, 0.15) is 24.2 Å². The number of ether oxygens (including phenoxy) is 1. The summed E-state index contributed by atoms with van der Waals surface area (Å²) in [6, 6.07) is 7.58. The molecule has 0 saturated carbocycles. The van der Waals surface area contributed by atoms with E-state index in [-0.39, 0.29) is 24.3 Å². The van der Waals surface area contributed by atoms with Gasteiger partial charge in [0, 0.05) is 48.8 Å². The lowest BCUT2D eigenvalue weighted by Crippen LogP contribution is -2.51. The number of rotatable bonds is 4. The van der Waals surface area contributed by atoms with E-state index < -0.39 is 0 Å². The van der Waals surface area contributed by atoms with Gasteiger partial charge < -0.3 is 19.1 Å². The SMILES string of the molecule is CCOC(=O)N1CCN(C(=O)Cn2cc(C(C)=O)c3ccccc32)CC1. The van der Waals surface area contributed by atoms with Crippen LogP contribution in [0.2, 0.25) is 0 Å². The Bertz CT molecular complexity index is 834. The number of amides is 2. The van der Waals surface area contributed by atoms with Crippen molar-refractivity contribution in [1.29, 1.82) is 0 Å². The molecular formula is C19H23N3O4. The maximum absolute atomic E-state index is 12.7. The van der Waals surface area contributed by atoms with Crippen molar-refractivity contribution in [1.82, 2.24) is 14.4 Å². The summed E-state index contributed by atoms with van der Waals surface area (Å²) in [4.78, 5) is 39.6. The topological polar surface area (TPSA) is 71.8 Å². The van der Waals surface area contributed by atoms with E-state index in [0.29, 0.717) is 38.3 Å². The average Bonchev–Trinajstić information content (AvgIpc) is 3.01. The maximum Gasteiger partial charge on any atom is 0.409 e. The summed E-state index contributed by atoms with van der Waals surface area (Å²) in [6.45, 7) is 5.72. The number of para-hydroxylation sites is 1. The van der Waals surface area contributed by atoms with Gasteiger partial charge in [0.1, 0.15) is 6.54 Å². The Morgan fingerprint density at radius 1 is 1.04 bits per heavy atom. The molecule has 0 radical (unpaired) electrons. The molecular weight excluding hydrogens is 334 g/mol. The average molecular weight is 357 g/mol. The van der Waals surface area contributed by atoms with Gasteiger partial charge in [-0.05, 0) is 19.9 Å². The van der Waals surface area contributed by atoms with Gasteiger partial charge >= 0.3 is 6.09 Å². The number of hydrogen-bond acceptors (Lipinski definition) is 4. The van der Waals surface area contributed by atoms with Gasteiger partial charge in [-0.1, -0.05) is 18.2 Å². The summed E-state index contributed by atoms with van der Waals surface area (Å²) in [5.41, 5.74) is 1.50. The molecule has 1 aliphatic heterocycles. The number of aromatic nitrogens is 1. The molecule has 138 valence electrons. The van der Waals surface area contributed by atoms with Crippen molar-refractivity contribution < 1.29 is 19.1 Å². The van der Waals surface area contributed by atoms with Gasteiger partial charge in [0.05, 0.1) is 6.61 Å². The van der Waals surface area contributed by atoms with Gasteiger partial charge in [-0.2, -0.15) is 0 Å². The van der Waals surface area contributed by atoms with E-state index in [9.17, 15) is 14.4 Å². The molecule has 2 heterocycles. The normalized spacial score (nSPS) is 14.5. The molecule has 7 heteroatoms. The van der Waals surface area contributed by atoms with Crippen molar-refractivity contribution in [3.8, 4) is 0 Å². The van der Waals surface area contributed by atoms with Crippen molar-refractivity contribution in [3.05, 3.63) is 36.0 Å². The van der Waals surface area contributed by atoms with Crippen LogP contribution in [-0.4, -0.2) is 64.9 Å². The number of hydrogen-bond donors (Lipinski definition) is 0. The first kappa shape index (κ1) is 18.0. The number of carbonyl (C=O) groups is 3. The van der Waals surface area contributed by atoms with E-state index >= 15 is 0 Å². The predicted octanol–water partition coefficient (Wildman–Crippen LogP) is 2.14. The zero-order chi connectivity index (χ0) is 18.7. The van der Waals surface area contributed by atoms with Gasteiger partial charge in [-0.3, -0.25) is 9.59 Å². The van der Waals surface area contributed by atoms with Crippen LogP contribution >= 0.6 is 0 Å². The Morgan fingerprint density at radius 3 is 2.35 bits per heavy atom. The number of benzene rings is 1. The Morgan fingerprint density at radius 2 is 1.69 bits per heavy atom. The highest BCUT2D eigenvalue weighted by Gasteiger charge is 2.25. The second-order valence-corrected chi connectivity index (χ2v) is 6.31. The Kier molecular flexibility index (Phi) is 5.25. The highest BCUT2D eigenvalue weighted by molar-refractivity contribution is 6.07. The van der Waals surface area contributed by atoms with Crippen LogP contribution in [0, 0.1) is 0 Å². The predicted molar refractivity (Wildman–Crippen MR) is 97.1 cm³/mol. The monoisotopic (exact) mass is 357 g/mol. The molecule has 0 N–H and O–H groups in total. The minimum atomic E-state index is -0.331. The zero-order valence-electron chi connectivity index (χ0n) is 15.1. The molecule has 1 aliphatic rings. The van der Waals surface area contributed by atoms with Gasteiger partial charge in [-0.25, -0.2) is 4.79 Å². The third-order valence-electron chi connectivity index (χ3n) is 4.63. The second kappa shape index (κ2) is 7.59. The maximum atomic E-state index is 12.7. The fraction of sp³-hybridized carbons (Fsp3) is 0.421. The Hall–Kier alpha value is -2.83. The summed E-state index contributed by atoms with van der Waals surface area (Å²) >= 11 is 0. The zero-order valence-corrected chi connectivity index (χ0v) is 15.1. The molecule has 1 fully saturated rings. The fourth-order valence-electron chi connectivity index (χ4n) is 3.26. The lowest BCUT2D eigenvalue weighted by atomic mass is 10.1. The van der Waals surface area contributed by atoms with Crippen LogP contribution in [0.4, 0.5) is 4.79 Å². The smallest absolute Gasteiger partial charge is 0.409 e. The summed E-state index contributed by atoms with van der Waals surface area (Å²) in [5, 5.41) is 0.861. The number of piperazine rings is 1. The molecule has 7 nitrogen and oxygen atoms in total. The molecule has 2 aromatic rings. The first-order valence-electron chi connectivity index (χ1n) is 8.79. The van der Waals surface area contributed by atoms with E-state index in [1.807, 2.05) is 28.8 Å². The highest BCUT2D eigenvalue weighted by atomic mass is 16.6. The number of fused-ring (bicyclic) bond motifs is 1. The third kappa shape index (κ3) is 3.56. The van der Waals surface area contributed by atoms with Crippen molar-refractivity contribution in [2.24, 2.45) is 0 Å². The van der Waals surface area contributed by atoms with Gasteiger partial charge in [0.15, 0.2) is 5.78 Å². The Balaban J connectivity index is 1.69. The number of Topliss-reactive ketones (excluding diaryl/α,β-unsaturated/α-hetero) is 1. The molecule has 26 heavy (non-hydrogen) atoms. The van der Waals surface area contributed by atoms with Crippen molar-refractivity contribution in [3.63, 3.8) is 0 Å².